The van der Waals surface area contributed by atoms with Gasteiger partial charge in [0.1, 0.15) is 5.69 Å². The topological polar surface area (TPSA) is 56.0 Å². The maximum atomic E-state index is 13.2. The van der Waals surface area contributed by atoms with Crippen molar-refractivity contribution in [1.82, 2.24) is 24.5 Å². The van der Waals surface area contributed by atoms with Crippen molar-refractivity contribution < 1.29 is 18.0 Å². The second-order valence-electron chi connectivity index (χ2n) is 7.31. The Bertz CT molecular complexity index is 822. The average Bonchev–Trinajstić information content (AvgIpc) is 3.29. The van der Waals surface area contributed by atoms with Crippen LogP contribution in [0.25, 0.3) is 0 Å². The van der Waals surface area contributed by atoms with Crippen molar-refractivity contribution in [2.45, 2.75) is 64.7 Å². The van der Waals surface area contributed by atoms with Gasteiger partial charge in [-0.15, -0.1) is 0 Å². The van der Waals surface area contributed by atoms with Crippen LogP contribution in [0.4, 0.5) is 13.2 Å². The summed E-state index contributed by atoms with van der Waals surface area (Å²) in [5.74, 6) is -0.125. The molecule has 1 unspecified atom stereocenters. The number of hydrogen-bond acceptors (Lipinski definition) is 3. The SMILES string of the molecule is CCC(CC)n1nc(C)cc1C(=O)N1CCCC(n2ccc(C(F)(F)F)n2)C1. The molecule has 1 aliphatic rings. The largest absolute Gasteiger partial charge is 0.435 e. The summed E-state index contributed by atoms with van der Waals surface area (Å²) in [4.78, 5) is 14.9. The normalized spacial score (nSPS) is 18.1. The molecule has 2 aromatic rings. The van der Waals surface area contributed by atoms with Gasteiger partial charge in [0, 0.05) is 19.3 Å². The zero-order valence-electron chi connectivity index (χ0n) is 16.4. The van der Waals surface area contributed by atoms with Crippen LogP contribution >= 0.6 is 0 Å². The molecular formula is C19H26F3N5O. The second-order valence-corrected chi connectivity index (χ2v) is 7.31. The van der Waals surface area contributed by atoms with Crippen molar-refractivity contribution in [2.75, 3.05) is 13.1 Å². The van der Waals surface area contributed by atoms with Gasteiger partial charge in [-0.25, -0.2) is 0 Å². The lowest BCUT2D eigenvalue weighted by molar-refractivity contribution is -0.141. The van der Waals surface area contributed by atoms with Gasteiger partial charge in [0.05, 0.1) is 17.8 Å². The van der Waals surface area contributed by atoms with Crippen molar-refractivity contribution >= 4 is 5.91 Å². The molecule has 1 saturated heterocycles. The average molecular weight is 397 g/mol. The van der Waals surface area contributed by atoms with E-state index in [2.05, 4.69) is 24.0 Å². The lowest BCUT2D eigenvalue weighted by Crippen LogP contribution is -2.41. The first-order chi connectivity index (χ1) is 13.2. The van der Waals surface area contributed by atoms with Crippen LogP contribution in [0.3, 0.4) is 0 Å². The lowest BCUT2D eigenvalue weighted by Gasteiger charge is -2.33. The molecule has 0 aliphatic carbocycles. The number of aromatic nitrogens is 4. The number of nitrogens with zero attached hydrogens (tertiary/aromatic N) is 5. The highest BCUT2D eigenvalue weighted by Gasteiger charge is 2.35. The summed E-state index contributed by atoms with van der Waals surface area (Å²) in [6, 6.07) is 2.65. The fraction of sp³-hybridized carbons (Fsp3) is 0.632. The minimum atomic E-state index is -4.46. The Hall–Kier alpha value is -2.32. The van der Waals surface area contributed by atoms with E-state index in [9.17, 15) is 18.0 Å². The first-order valence-corrected chi connectivity index (χ1v) is 9.72. The number of carbonyl (C=O) groups is 1. The molecule has 6 nitrogen and oxygen atoms in total. The predicted molar refractivity (Wildman–Crippen MR) is 98.0 cm³/mol. The smallest absolute Gasteiger partial charge is 0.335 e. The molecule has 3 rings (SSSR count). The predicted octanol–water partition coefficient (Wildman–Crippen LogP) is 4.25. The van der Waals surface area contributed by atoms with Gasteiger partial charge >= 0.3 is 6.18 Å². The monoisotopic (exact) mass is 397 g/mol. The Morgan fingerprint density at radius 3 is 2.61 bits per heavy atom. The van der Waals surface area contributed by atoms with Crippen LogP contribution in [0.5, 0.6) is 0 Å². The number of carbonyl (C=O) groups excluding carboxylic acids is 1. The molecule has 0 saturated carbocycles. The van der Waals surface area contributed by atoms with Gasteiger partial charge in [-0.2, -0.15) is 23.4 Å². The van der Waals surface area contributed by atoms with Crippen LogP contribution in [0.15, 0.2) is 18.3 Å². The van der Waals surface area contributed by atoms with Crippen LogP contribution in [-0.2, 0) is 6.18 Å². The van der Waals surface area contributed by atoms with Crippen molar-refractivity contribution in [3.8, 4) is 0 Å². The van der Waals surface area contributed by atoms with Crippen LogP contribution in [0, 0.1) is 6.92 Å². The maximum absolute atomic E-state index is 13.2. The van der Waals surface area contributed by atoms with E-state index in [0.717, 1.165) is 31.0 Å². The highest BCUT2D eigenvalue weighted by atomic mass is 19.4. The molecule has 3 heterocycles. The van der Waals surface area contributed by atoms with E-state index in [1.54, 1.807) is 15.6 Å². The van der Waals surface area contributed by atoms with E-state index in [4.69, 9.17) is 0 Å². The summed E-state index contributed by atoms with van der Waals surface area (Å²) in [5, 5.41) is 8.19. The third-order valence-electron chi connectivity index (χ3n) is 5.32. The van der Waals surface area contributed by atoms with Gasteiger partial charge < -0.3 is 4.90 Å². The van der Waals surface area contributed by atoms with Crippen LogP contribution in [0.1, 0.15) is 73.5 Å². The fourth-order valence-electron chi connectivity index (χ4n) is 3.80. The molecule has 0 bridgehead atoms. The molecule has 0 aromatic carbocycles. The Morgan fingerprint density at radius 1 is 1.29 bits per heavy atom. The molecule has 1 aliphatic heterocycles. The van der Waals surface area contributed by atoms with Gasteiger partial charge in [-0.1, -0.05) is 13.8 Å². The maximum Gasteiger partial charge on any atom is 0.435 e. The van der Waals surface area contributed by atoms with Crippen LogP contribution < -0.4 is 0 Å². The van der Waals surface area contributed by atoms with Crippen molar-refractivity contribution in [3.63, 3.8) is 0 Å². The molecule has 0 radical (unpaired) electrons. The number of halogens is 3. The van der Waals surface area contributed by atoms with E-state index in [0.29, 0.717) is 25.2 Å². The van der Waals surface area contributed by atoms with E-state index in [-0.39, 0.29) is 18.0 Å². The molecule has 1 amide bonds. The molecule has 0 N–H and O–H groups in total. The number of piperidine rings is 1. The molecule has 9 heteroatoms. The molecule has 2 aromatic heterocycles. The Balaban J connectivity index is 1.79. The van der Waals surface area contributed by atoms with E-state index in [1.807, 2.05) is 6.92 Å². The Morgan fingerprint density at radius 2 is 2.00 bits per heavy atom. The number of rotatable bonds is 5. The van der Waals surface area contributed by atoms with E-state index in [1.165, 1.54) is 10.9 Å². The highest BCUT2D eigenvalue weighted by Crippen LogP contribution is 2.30. The molecule has 0 spiro atoms. The van der Waals surface area contributed by atoms with E-state index < -0.39 is 11.9 Å². The zero-order chi connectivity index (χ0) is 20.5. The minimum absolute atomic E-state index is 0.125. The molecular weight excluding hydrogens is 371 g/mol. The minimum Gasteiger partial charge on any atom is -0.335 e. The first-order valence-electron chi connectivity index (χ1n) is 9.72. The third kappa shape index (κ3) is 4.07. The molecule has 28 heavy (non-hydrogen) atoms. The van der Waals surface area contributed by atoms with Crippen LogP contribution in [-0.4, -0.2) is 43.5 Å². The standard InChI is InChI=1S/C19H26F3N5O/c1-4-14(5-2)27-16(11-13(3)23-27)18(28)25-9-6-7-15(12-25)26-10-8-17(24-26)19(20,21)22/h8,10-11,14-15H,4-7,9,12H2,1-3H3. The van der Waals surface area contributed by atoms with E-state index >= 15 is 0 Å². The highest BCUT2D eigenvalue weighted by molar-refractivity contribution is 5.92. The fourth-order valence-corrected chi connectivity index (χ4v) is 3.80. The second kappa shape index (κ2) is 7.97. The Kier molecular flexibility index (Phi) is 5.81. The molecule has 1 fully saturated rings. The van der Waals surface area contributed by atoms with Gasteiger partial charge in [0.25, 0.3) is 5.91 Å². The third-order valence-corrected chi connectivity index (χ3v) is 5.32. The molecule has 154 valence electrons. The van der Waals surface area contributed by atoms with Crippen molar-refractivity contribution in [3.05, 3.63) is 35.4 Å². The number of amides is 1. The van der Waals surface area contributed by atoms with Gasteiger partial charge in [0.15, 0.2) is 5.69 Å². The first kappa shape index (κ1) is 20.4. The van der Waals surface area contributed by atoms with Gasteiger partial charge in [-0.3, -0.25) is 14.2 Å². The summed E-state index contributed by atoms with van der Waals surface area (Å²) >= 11 is 0. The number of likely N-dealkylation sites (tertiary alicyclic amines) is 1. The summed E-state index contributed by atoms with van der Waals surface area (Å²) < 4.78 is 41.6. The van der Waals surface area contributed by atoms with Gasteiger partial charge in [-0.05, 0) is 44.7 Å². The van der Waals surface area contributed by atoms with Crippen molar-refractivity contribution in [2.24, 2.45) is 0 Å². The summed E-state index contributed by atoms with van der Waals surface area (Å²) in [5.41, 5.74) is 0.424. The summed E-state index contributed by atoms with van der Waals surface area (Å²) in [7, 11) is 0. The quantitative estimate of drug-likeness (QED) is 0.758. The van der Waals surface area contributed by atoms with Crippen molar-refractivity contribution in [1.29, 1.82) is 0 Å². The number of alkyl halides is 3. The van der Waals surface area contributed by atoms with Crippen LogP contribution in [0.2, 0.25) is 0 Å². The molecule has 1 atom stereocenters. The zero-order valence-corrected chi connectivity index (χ0v) is 16.4. The Labute approximate surface area is 162 Å². The summed E-state index contributed by atoms with van der Waals surface area (Å²) in [6.45, 7) is 6.90. The summed E-state index contributed by atoms with van der Waals surface area (Å²) in [6.07, 6.45) is 0.0280. The lowest BCUT2D eigenvalue weighted by atomic mass is 10.1. The number of aryl methyl sites for hydroxylation is 1. The van der Waals surface area contributed by atoms with Gasteiger partial charge in [0.2, 0.25) is 0 Å². The number of hydrogen-bond donors (Lipinski definition) is 0.